The number of aromatic hydroxyl groups is 1. The van der Waals surface area contributed by atoms with Gasteiger partial charge < -0.3 is 14.9 Å². The fourth-order valence-electron chi connectivity index (χ4n) is 2.95. The lowest BCUT2D eigenvalue weighted by Crippen LogP contribution is -2.10. The number of hydrogen-bond acceptors (Lipinski definition) is 4. The van der Waals surface area contributed by atoms with Crippen LogP contribution in [0.3, 0.4) is 0 Å². The highest BCUT2D eigenvalue weighted by Crippen LogP contribution is 2.61. The van der Waals surface area contributed by atoms with E-state index in [9.17, 15) is 14.7 Å². The van der Waals surface area contributed by atoms with E-state index in [1.807, 2.05) is 0 Å². The fraction of sp³-hybridized carbons (Fsp3) is 0.429. The summed E-state index contributed by atoms with van der Waals surface area (Å²) >= 11 is 0. The molecular weight excluding hydrogens is 248 g/mol. The molecule has 0 amide bonds. The molecule has 5 heteroatoms. The van der Waals surface area contributed by atoms with Gasteiger partial charge in [0.2, 0.25) is 0 Å². The van der Waals surface area contributed by atoms with E-state index in [0.717, 1.165) is 0 Å². The number of carbonyl (C=O) groups excluding carboxylic acids is 1. The molecule has 2 unspecified atom stereocenters. The molecule has 1 saturated carbocycles. The van der Waals surface area contributed by atoms with Gasteiger partial charge in [-0.3, -0.25) is 9.59 Å². The standard InChI is InChI=1S/C14H14O5/c1-2-8(15)6-3-4-9-12(13(6)16)10-7(5-19-9)11(10)14(17)18/h3-4,7,10-11,16H,2,5H2,1H3,(H,17,18)/t7?,10-,11?/m1/s1. The zero-order valence-electron chi connectivity index (χ0n) is 10.4. The van der Waals surface area contributed by atoms with Gasteiger partial charge in [0, 0.05) is 23.8 Å². The van der Waals surface area contributed by atoms with E-state index in [0.29, 0.717) is 24.3 Å². The first kappa shape index (κ1) is 12.0. The first-order valence-corrected chi connectivity index (χ1v) is 6.31. The highest BCUT2D eigenvalue weighted by atomic mass is 16.5. The summed E-state index contributed by atoms with van der Waals surface area (Å²) in [6.45, 7) is 2.08. The Balaban J connectivity index is 2.07. The van der Waals surface area contributed by atoms with E-state index < -0.39 is 11.9 Å². The predicted octanol–water partition coefficient (Wildman–Crippen LogP) is 1.79. The summed E-state index contributed by atoms with van der Waals surface area (Å²) in [5.74, 6) is -1.49. The molecule has 2 N–H and O–H groups in total. The van der Waals surface area contributed by atoms with Crippen molar-refractivity contribution in [2.75, 3.05) is 6.61 Å². The number of rotatable bonds is 3. The lowest BCUT2D eigenvalue weighted by atomic mass is 9.97. The third-order valence-corrected chi connectivity index (χ3v) is 4.02. The topological polar surface area (TPSA) is 83.8 Å². The molecule has 5 nitrogen and oxygen atoms in total. The molecule has 3 atom stereocenters. The average Bonchev–Trinajstić information content (AvgIpc) is 3.12. The van der Waals surface area contributed by atoms with E-state index in [-0.39, 0.29) is 28.9 Å². The van der Waals surface area contributed by atoms with Crippen LogP contribution in [0.2, 0.25) is 0 Å². The third-order valence-electron chi connectivity index (χ3n) is 4.02. The molecule has 1 aliphatic carbocycles. The van der Waals surface area contributed by atoms with Crippen molar-refractivity contribution in [2.45, 2.75) is 19.3 Å². The van der Waals surface area contributed by atoms with Crippen molar-refractivity contribution in [3.63, 3.8) is 0 Å². The van der Waals surface area contributed by atoms with Crippen molar-refractivity contribution in [3.8, 4) is 11.5 Å². The van der Waals surface area contributed by atoms with Crippen LogP contribution in [0, 0.1) is 11.8 Å². The largest absolute Gasteiger partial charge is 0.507 e. The third kappa shape index (κ3) is 1.61. The van der Waals surface area contributed by atoms with Crippen LogP contribution < -0.4 is 4.74 Å². The number of carbonyl (C=O) groups is 2. The maximum atomic E-state index is 11.7. The van der Waals surface area contributed by atoms with Gasteiger partial charge in [-0.1, -0.05) is 6.92 Å². The zero-order chi connectivity index (χ0) is 13.7. The second-order valence-corrected chi connectivity index (χ2v) is 5.01. The summed E-state index contributed by atoms with van der Waals surface area (Å²) in [6.07, 6.45) is 0.295. The van der Waals surface area contributed by atoms with Crippen molar-refractivity contribution >= 4 is 11.8 Å². The number of benzene rings is 1. The van der Waals surface area contributed by atoms with Gasteiger partial charge in [-0.2, -0.15) is 0 Å². The number of carboxylic acids is 1. The summed E-state index contributed by atoms with van der Waals surface area (Å²) in [4.78, 5) is 22.9. The molecule has 19 heavy (non-hydrogen) atoms. The van der Waals surface area contributed by atoms with Gasteiger partial charge in [-0.05, 0) is 12.1 Å². The summed E-state index contributed by atoms with van der Waals surface area (Å²) in [7, 11) is 0. The molecule has 1 aromatic rings. The maximum absolute atomic E-state index is 11.7. The van der Waals surface area contributed by atoms with Crippen molar-refractivity contribution in [3.05, 3.63) is 23.3 Å². The van der Waals surface area contributed by atoms with Crippen LogP contribution >= 0.6 is 0 Å². The van der Waals surface area contributed by atoms with Gasteiger partial charge in [0.15, 0.2) is 5.78 Å². The predicted molar refractivity (Wildman–Crippen MR) is 65.6 cm³/mol. The Kier molecular flexibility index (Phi) is 2.52. The van der Waals surface area contributed by atoms with Crippen molar-refractivity contribution in [1.29, 1.82) is 0 Å². The fourth-order valence-corrected chi connectivity index (χ4v) is 2.95. The second-order valence-electron chi connectivity index (χ2n) is 5.01. The Morgan fingerprint density at radius 1 is 1.42 bits per heavy atom. The zero-order valence-corrected chi connectivity index (χ0v) is 10.4. The van der Waals surface area contributed by atoms with Crippen LogP contribution in [-0.4, -0.2) is 28.6 Å². The molecule has 100 valence electrons. The minimum Gasteiger partial charge on any atom is -0.507 e. The number of fused-ring (bicyclic) bond motifs is 3. The molecule has 0 radical (unpaired) electrons. The molecule has 0 saturated heterocycles. The Labute approximate surface area is 109 Å². The SMILES string of the molecule is CCC(=O)c1ccc2c(c1O)[C@@H]1C(CO2)C1C(=O)O. The number of phenols is 1. The molecule has 0 bridgehead atoms. The minimum atomic E-state index is -0.877. The summed E-state index contributed by atoms with van der Waals surface area (Å²) < 4.78 is 5.47. The number of carboxylic acid groups (broad SMARTS) is 1. The van der Waals surface area contributed by atoms with Gasteiger partial charge in [-0.15, -0.1) is 0 Å². The number of Topliss-reactive ketones (excluding diaryl/α,β-unsaturated/α-hetero) is 1. The Bertz CT molecular complexity index is 577. The van der Waals surface area contributed by atoms with Crippen LogP contribution in [-0.2, 0) is 4.79 Å². The summed E-state index contributed by atoms with van der Waals surface area (Å²) in [5.41, 5.74) is 0.740. The van der Waals surface area contributed by atoms with Crippen LogP contribution in [0.15, 0.2) is 12.1 Å². The monoisotopic (exact) mass is 262 g/mol. The van der Waals surface area contributed by atoms with Crippen molar-refractivity contribution < 1.29 is 24.5 Å². The van der Waals surface area contributed by atoms with E-state index in [1.165, 1.54) is 0 Å². The van der Waals surface area contributed by atoms with Gasteiger partial charge >= 0.3 is 5.97 Å². The molecule has 0 spiro atoms. The molecule has 1 aromatic carbocycles. The van der Waals surface area contributed by atoms with Gasteiger partial charge in [0.25, 0.3) is 0 Å². The highest BCUT2D eigenvalue weighted by Gasteiger charge is 2.60. The Hall–Kier alpha value is -2.04. The van der Waals surface area contributed by atoms with Crippen molar-refractivity contribution in [2.24, 2.45) is 11.8 Å². The molecular formula is C14H14O5. The van der Waals surface area contributed by atoms with E-state index in [4.69, 9.17) is 9.84 Å². The smallest absolute Gasteiger partial charge is 0.307 e. The van der Waals surface area contributed by atoms with Gasteiger partial charge in [0.05, 0.1) is 18.1 Å². The molecule has 1 aliphatic heterocycles. The molecule has 1 fully saturated rings. The summed E-state index contributed by atoms with van der Waals surface area (Å²) in [6, 6.07) is 3.18. The lowest BCUT2D eigenvalue weighted by molar-refractivity contribution is -0.139. The number of ether oxygens (including phenoxy) is 1. The number of ketones is 1. The molecule has 1 heterocycles. The second kappa shape index (κ2) is 3.98. The highest BCUT2D eigenvalue weighted by molar-refractivity contribution is 5.99. The van der Waals surface area contributed by atoms with Crippen molar-refractivity contribution in [1.82, 2.24) is 0 Å². The Morgan fingerprint density at radius 3 is 2.79 bits per heavy atom. The normalized spacial score (nSPS) is 26.9. The number of aliphatic carboxylic acids is 1. The van der Waals surface area contributed by atoms with Crippen LogP contribution in [0.4, 0.5) is 0 Å². The van der Waals surface area contributed by atoms with Gasteiger partial charge in [0.1, 0.15) is 11.5 Å². The molecule has 2 aliphatic rings. The molecule has 0 aromatic heterocycles. The maximum Gasteiger partial charge on any atom is 0.307 e. The first-order chi connectivity index (χ1) is 9.06. The quantitative estimate of drug-likeness (QED) is 0.811. The van der Waals surface area contributed by atoms with E-state index in [1.54, 1.807) is 19.1 Å². The summed E-state index contributed by atoms with van der Waals surface area (Å²) in [5, 5.41) is 19.4. The van der Waals surface area contributed by atoms with Crippen LogP contribution in [0.1, 0.15) is 35.2 Å². The van der Waals surface area contributed by atoms with Crippen LogP contribution in [0.5, 0.6) is 11.5 Å². The lowest BCUT2D eigenvalue weighted by Gasteiger charge is -2.18. The van der Waals surface area contributed by atoms with E-state index in [2.05, 4.69) is 0 Å². The first-order valence-electron chi connectivity index (χ1n) is 6.31. The minimum absolute atomic E-state index is 0.0946. The average molecular weight is 262 g/mol. The van der Waals surface area contributed by atoms with E-state index >= 15 is 0 Å². The molecule has 3 rings (SSSR count). The number of hydrogen-bond donors (Lipinski definition) is 2. The van der Waals surface area contributed by atoms with Gasteiger partial charge in [-0.25, -0.2) is 0 Å². The van der Waals surface area contributed by atoms with Crippen LogP contribution in [0.25, 0.3) is 0 Å². The Morgan fingerprint density at radius 2 is 2.16 bits per heavy atom. The number of phenolic OH excluding ortho intramolecular Hbond substituents is 1.